The third-order valence-electron chi connectivity index (χ3n) is 11.3. The highest BCUT2D eigenvalue weighted by molar-refractivity contribution is 5.90. The molecule has 34 heavy (non-hydrogen) atoms. The summed E-state index contributed by atoms with van der Waals surface area (Å²) in [6, 6.07) is 0. The van der Waals surface area contributed by atoms with Crippen molar-refractivity contribution in [3.05, 3.63) is 23.3 Å². The van der Waals surface area contributed by atoms with Crippen molar-refractivity contribution in [2.45, 2.75) is 106 Å². The molecule has 0 saturated heterocycles. The highest BCUT2D eigenvalue weighted by Crippen LogP contribution is 2.74. The second-order valence-corrected chi connectivity index (χ2v) is 13.5. The number of aliphatic hydroxyl groups is 2. The van der Waals surface area contributed by atoms with Crippen molar-refractivity contribution in [2.24, 2.45) is 45.3 Å². The SMILES string of the molecule is CC(C)=CC(=O)C[C@@H](C)[C@H]1CC[C@@]2(C)[C@@H]3[C@@H](O)C=C4[C@@H](CC[C@H](O)C4(C)C)[C@]3(C=O)CC[C@]12C. The van der Waals surface area contributed by atoms with Gasteiger partial charge in [-0.3, -0.25) is 4.79 Å². The molecule has 0 amide bonds. The van der Waals surface area contributed by atoms with Crippen LogP contribution in [0.4, 0.5) is 0 Å². The van der Waals surface area contributed by atoms with Crippen molar-refractivity contribution in [1.82, 2.24) is 0 Å². The van der Waals surface area contributed by atoms with E-state index in [1.165, 1.54) is 6.29 Å². The Morgan fingerprint density at radius 3 is 2.35 bits per heavy atom. The number of carbonyl (C=O) groups is 2. The summed E-state index contributed by atoms with van der Waals surface area (Å²) in [4.78, 5) is 25.7. The lowest BCUT2D eigenvalue weighted by molar-refractivity contribution is -0.182. The molecule has 3 saturated carbocycles. The molecule has 190 valence electrons. The van der Waals surface area contributed by atoms with Crippen LogP contribution in [-0.2, 0) is 9.59 Å². The number of rotatable bonds is 5. The van der Waals surface area contributed by atoms with Crippen molar-refractivity contribution in [2.75, 3.05) is 0 Å². The lowest BCUT2D eigenvalue weighted by Gasteiger charge is -2.66. The summed E-state index contributed by atoms with van der Waals surface area (Å²) in [5.74, 6) is 0.847. The van der Waals surface area contributed by atoms with E-state index in [9.17, 15) is 19.8 Å². The zero-order valence-electron chi connectivity index (χ0n) is 22.4. The maximum atomic E-state index is 13.1. The first-order valence-electron chi connectivity index (χ1n) is 13.5. The molecule has 0 aromatic heterocycles. The van der Waals surface area contributed by atoms with E-state index in [4.69, 9.17) is 0 Å². The monoisotopic (exact) mass is 470 g/mol. The van der Waals surface area contributed by atoms with Gasteiger partial charge in [-0.2, -0.15) is 0 Å². The van der Waals surface area contributed by atoms with Crippen molar-refractivity contribution >= 4 is 12.1 Å². The van der Waals surface area contributed by atoms with Gasteiger partial charge in [0, 0.05) is 23.2 Å². The highest BCUT2D eigenvalue weighted by Gasteiger charge is 2.70. The predicted molar refractivity (Wildman–Crippen MR) is 135 cm³/mol. The Labute approximate surface area is 206 Å². The summed E-state index contributed by atoms with van der Waals surface area (Å²) in [7, 11) is 0. The predicted octanol–water partition coefficient (Wildman–Crippen LogP) is 5.66. The van der Waals surface area contributed by atoms with Crippen LogP contribution >= 0.6 is 0 Å². The van der Waals surface area contributed by atoms with Gasteiger partial charge in [0.2, 0.25) is 0 Å². The molecule has 4 aliphatic rings. The number of hydrogen-bond donors (Lipinski definition) is 2. The normalized spacial score (nSPS) is 45.8. The minimum atomic E-state index is -0.688. The van der Waals surface area contributed by atoms with Crippen LogP contribution in [0.5, 0.6) is 0 Å². The van der Waals surface area contributed by atoms with E-state index >= 15 is 0 Å². The van der Waals surface area contributed by atoms with Gasteiger partial charge in [0.1, 0.15) is 6.29 Å². The van der Waals surface area contributed by atoms with Gasteiger partial charge in [-0.25, -0.2) is 0 Å². The topological polar surface area (TPSA) is 74.6 Å². The second-order valence-electron chi connectivity index (χ2n) is 13.5. The van der Waals surface area contributed by atoms with Gasteiger partial charge in [0.05, 0.1) is 12.2 Å². The highest BCUT2D eigenvalue weighted by atomic mass is 16.3. The summed E-state index contributed by atoms with van der Waals surface area (Å²) >= 11 is 0. The molecular weight excluding hydrogens is 424 g/mol. The van der Waals surface area contributed by atoms with Crippen LogP contribution < -0.4 is 0 Å². The van der Waals surface area contributed by atoms with Gasteiger partial charge in [-0.05, 0) is 87.0 Å². The molecule has 0 aromatic rings. The smallest absolute Gasteiger partial charge is 0.155 e. The summed E-state index contributed by atoms with van der Waals surface area (Å²) < 4.78 is 0. The fourth-order valence-corrected chi connectivity index (χ4v) is 9.39. The lowest BCUT2D eigenvalue weighted by Crippen LogP contribution is -2.64. The summed E-state index contributed by atoms with van der Waals surface area (Å²) in [6.07, 6.45) is 9.68. The maximum Gasteiger partial charge on any atom is 0.155 e. The Balaban J connectivity index is 1.72. The van der Waals surface area contributed by atoms with E-state index in [1.807, 2.05) is 19.9 Å². The molecule has 4 rings (SSSR count). The molecule has 4 aliphatic carbocycles. The third-order valence-corrected chi connectivity index (χ3v) is 11.3. The molecule has 0 unspecified atom stereocenters. The van der Waals surface area contributed by atoms with Gasteiger partial charge in [0.25, 0.3) is 0 Å². The standard InChI is InChI=1S/C30H46O4/c1-18(2)14-20(32)15-19(3)21-10-11-29(7)26-24(33)16-23-22(8-9-25(34)27(23,4)5)30(26,17-31)13-12-28(21,29)6/h14,16-17,19,21-22,24-26,33-34H,8-13,15H2,1-7H3/t19-,21-,22-,24+,25+,26+,28-,29+,30-/m1/s1. The molecule has 0 radical (unpaired) electrons. The quantitative estimate of drug-likeness (QED) is 0.309. The first-order valence-corrected chi connectivity index (χ1v) is 13.5. The number of aldehydes is 1. The van der Waals surface area contributed by atoms with Gasteiger partial charge in [-0.1, -0.05) is 51.8 Å². The van der Waals surface area contributed by atoms with Crippen molar-refractivity contribution in [1.29, 1.82) is 0 Å². The van der Waals surface area contributed by atoms with E-state index in [0.717, 1.165) is 43.3 Å². The fraction of sp³-hybridized carbons (Fsp3) is 0.800. The van der Waals surface area contributed by atoms with Crippen molar-refractivity contribution in [3.8, 4) is 0 Å². The second kappa shape index (κ2) is 8.40. The number of fused-ring (bicyclic) bond motifs is 5. The van der Waals surface area contributed by atoms with E-state index in [-0.39, 0.29) is 34.4 Å². The molecule has 4 nitrogen and oxygen atoms in total. The Kier molecular flexibility index (Phi) is 6.38. The molecular formula is C30H46O4. The zero-order valence-corrected chi connectivity index (χ0v) is 22.4. The Morgan fingerprint density at radius 2 is 1.74 bits per heavy atom. The van der Waals surface area contributed by atoms with Gasteiger partial charge in [-0.15, -0.1) is 0 Å². The average molecular weight is 471 g/mol. The summed E-state index contributed by atoms with van der Waals surface area (Å²) in [5.41, 5.74) is 0.929. The Morgan fingerprint density at radius 1 is 1.06 bits per heavy atom. The van der Waals surface area contributed by atoms with E-state index in [0.29, 0.717) is 18.8 Å². The third kappa shape index (κ3) is 3.45. The number of ketones is 1. The van der Waals surface area contributed by atoms with Gasteiger partial charge >= 0.3 is 0 Å². The van der Waals surface area contributed by atoms with Crippen LogP contribution in [0.15, 0.2) is 23.3 Å². The molecule has 0 heterocycles. The van der Waals surface area contributed by atoms with Crippen LogP contribution in [0.2, 0.25) is 0 Å². The van der Waals surface area contributed by atoms with E-state index in [2.05, 4.69) is 34.6 Å². The first kappa shape index (κ1) is 25.8. The molecule has 9 atom stereocenters. The molecule has 0 bridgehead atoms. The molecule has 2 N–H and O–H groups in total. The summed E-state index contributed by atoms with van der Waals surface area (Å²) in [6.45, 7) is 15.0. The summed E-state index contributed by atoms with van der Waals surface area (Å²) in [5, 5.41) is 22.4. The van der Waals surface area contributed by atoms with Crippen LogP contribution in [0.1, 0.15) is 93.4 Å². The van der Waals surface area contributed by atoms with Gasteiger partial charge in [0.15, 0.2) is 5.78 Å². The zero-order chi connectivity index (χ0) is 25.3. The van der Waals surface area contributed by atoms with Crippen LogP contribution in [0.25, 0.3) is 0 Å². The minimum Gasteiger partial charge on any atom is -0.392 e. The minimum absolute atomic E-state index is 0.0229. The first-order chi connectivity index (χ1) is 15.7. The lowest BCUT2D eigenvalue weighted by atomic mass is 9.38. The Hall–Kier alpha value is -1.26. The van der Waals surface area contributed by atoms with E-state index in [1.54, 1.807) is 6.08 Å². The average Bonchev–Trinajstić information content (AvgIpc) is 3.01. The number of hydrogen-bond acceptors (Lipinski definition) is 4. The van der Waals surface area contributed by atoms with Gasteiger partial charge < -0.3 is 15.0 Å². The number of carbonyl (C=O) groups excluding carboxylic acids is 2. The van der Waals surface area contributed by atoms with Crippen molar-refractivity contribution < 1.29 is 19.8 Å². The molecule has 3 fully saturated rings. The van der Waals surface area contributed by atoms with Crippen molar-refractivity contribution in [3.63, 3.8) is 0 Å². The maximum absolute atomic E-state index is 13.1. The molecule has 0 spiro atoms. The molecule has 0 aromatic carbocycles. The van der Waals surface area contributed by atoms with Crippen LogP contribution in [0.3, 0.4) is 0 Å². The van der Waals surface area contributed by atoms with E-state index < -0.39 is 23.0 Å². The fourth-order valence-electron chi connectivity index (χ4n) is 9.39. The Bertz CT molecular complexity index is 911. The van der Waals surface area contributed by atoms with Crippen LogP contribution in [-0.4, -0.2) is 34.5 Å². The largest absolute Gasteiger partial charge is 0.392 e. The molecule has 4 heteroatoms. The van der Waals surface area contributed by atoms with Crippen LogP contribution in [0, 0.1) is 45.3 Å². The number of allylic oxidation sites excluding steroid dienone is 2. The number of aliphatic hydroxyl groups excluding tert-OH is 2. The molecule has 0 aliphatic heterocycles.